The molecule has 0 saturated carbocycles. The molecule has 0 aliphatic heterocycles. The van der Waals surface area contributed by atoms with E-state index in [-0.39, 0.29) is 0 Å². The lowest BCUT2D eigenvalue weighted by atomic mass is 10.2. The van der Waals surface area contributed by atoms with E-state index in [1.165, 1.54) is 0 Å². The van der Waals surface area contributed by atoms with E-state index in [1.807, 2.05) is 24.3 Å². The molecule has 0 saturated heterocycles. The highest BCUT2D eigenvalue weighted by atomic mass is 35.5. The fraction of sp³-hybridized carbons (Fsp3) is 0.308. The topological polar surface area (TPSA) is 12.4 Å². The summed E-state index contributed by atoms with van der Waals surface area (Å²) in [5.41, 5.74) is 0.941. The summed E-state index contributed by atoms with van der Waals surface area (Å²) >= 11 is 5.96. The lowest BCUT2D eigenvalue weighted by Gasteiger charge is -1.94. The molecule has 0 N–H and O–H groups in total. The van der Waals surface area contributed by atoms with E-state index in [0.29, 0.717) is 6.54 Å². The third-order valence-corrected chi connectivity index (χ3v) is 2.15. The molecule has 0 amide bonds. The summed E-state index contributed by atoms with van der Waals surface area (Å²) in [5, 5.41) is 0.725. The Hall–Kier alpha value is -1.26. The molecule has 0 unspecified atom stereocenters. The smallest absolute Gasteiger partial charge is 0.0997 e. The number of benzene rings is 1. The number of hydrogen-bond donors (Lipinski definition) is 0. The van der Waals surface area contributed by atoms with E-state index in [4.69, 9.17) is 11.6 Å². The quantitative estimate of drug-likeness (QED) is 0.545. The van der Waals surface area contributed by atoms with Gasteiger partial charge in [-0.2, -0.15) is 0 Å². The summed E-state index contributed by atoms with van der Waals surface area (Å²) < 4.78 is 0. The zero-order valence-corrected chi connectivity index (χ0v) is 9.59. The standard InChI is InChI=1S/C13H14ClN/c1-2-3-4-7-10-15-11-12-8-5-6-9-13(12)14/h5-6,8-9,11H,2-3,10H2,1H3. The van der Waals surface area contributed by atoms with E-state index < -0.39 is 0 Å². The van der Waals surface area contributed by atoms with Crippen molar-refractivity contribution in [1.29, 1.82) is 0 Å². The van der Waals surface area contributed by atoms with E-state index in [1.54, 1.807) is 6.21 Å². The van der Waals surface area contributed by atoms with Crippen LogP contribution in [0, 0.1) is 11.8 Å². The number of nitrogens with zero attached hydrogens (tertiary/aromatic N) is 1. The van der Waals surface area contributed by atoms with Gasteiger partial charge in [-0.25, -0.2) is 0 Å². The van der Waals surface area contributed by atoms with Crippen molar-refractivity contribution in [2.45, 2.75) is 19.8 Å². The minimum atomic E-state index is 0.547. The zero-order valence-electron chi connectivity index (χ0n) is 8.83. The lowest BCUT2D eigenvalue weighted by Crippen LogP contribution is -1.83. The van der Waals surface area contributed by atoms with Crippen LogP contribution < -0.4 is 0 Å². The first-order valence-electron chi connectivity index (χ1n) is 5.04. The van der Waals surface area contributed by atoms with Gasteiger partial charge in [0.25, 0.3) is 0 Å². The molecule has 0 aliphatic rings. The largest absolute Gasteiger partial charge is 0.280 e. The molecule has 15 heavy (non-hydrogen) atoms. The molecule has 78 valence electrons. The highest BCUT2D eigenvalue weighted by Crippen LogP contribution is 2.12. The summed E-state index contributed by atoms with van der Waals surface area (Å²) in [6, 6.07) is 7.63. The van der Waals surface area contributed by atoms with E-state index in [0.717, 1.165) is 23.4 Å². The Labute approximate surface area is 96.2 Å². The molecule has 1 nitrogen and oxygen atoms in total. The van der Waals surface area contributed by atoms with Gasteiger partial charge in [-0.3, -0.25) is 4.99 Å². The predicted molar refractivity (Wildman–Crippen MR) is 66.6 cm³/mol. The van der Waals surface area contributed by atoms with Crippen LogP contribution in [0.2, 0.25) is 5.02 Å². The maximum atomic E-state index is 5.96. The lowest BCUT2D eigenvalue weighted by molar-refractivity contribution is 0.982. The summed E-state index contributed by atoms with van der Waals surface area (Å²) in [7, 11) is 0. The first kappa shape index (κ1) is 11.8. The molecule has 0 fully saturated rings. The normalized spacial score (nSPS) is 10.0. The van der Waals surface area contributed by atoms with Crippen LogP contribution in [0.5, 0.6) is 0 Å². The second-order valence-corrected chi connectivity index (χ2v) is 3.50. The first-order valence-corrected chi connectivity index (χ1v) is 5.42. The minimum absolute atomic E-state index is 0.547. The molecule has 0 bridgehead atoms. The van der Waals surface area contributed by atoms with Crippen LogP contribution in [0.15, 0.2) is 29.3 Å². The average Bonchev–Trinajstić information content (AvgIpc) is 2.25. The highest BCUT2D eigenvalue weighted by Gasteiger charge is 1.92. The Morgan fingerprint density at radius 1 is 1.33 bits per heavy atom. The number of hydrogen-bond acceptors (Lipinski definition) is 1. The molecule has 1 aromatic rings. The highest BCUT2D eigenvalue weighted by molar-refractivity contribution is 6.33. The molecule has 1 aromatic carbocycles. The molecule has 1 rings (SSSR count). The Morgan fingerprint density at radius 3 is 2.87 bits per heavy atom. The van der Waals surface area contributed by atoms with Crippen LogP contribution in [-0.2, 0) is 0 Å². The van der Waals surface area contributed by atoms with Gasteiger partial charge in [0.1, 0.15) is 0 Å². The summed E-state index contributed by atoms with van der Waals surface area (Å²) in [6.07, 6.45) is 3.81. The maximum absolute atomic E-state index is 5.96. The second kappa shape index (κ2) is 7.09. The minimum Gasteiger partial charge on any atom is -0.280 e. The Morgan fingerprint density at radius 2 is 2.13 bits per heavy atom. The molecule has 0 aromatic heterocycles. The van der Waals surface area contributed by atoms with Crippen molar-refractivity contribution in [1.82, 2.24) is 0 Å². The van der Waals surface area contributed by atoms with Crippen molar-refractivity contribution in [3.8, 4) is 11.8 Å². The van der Waals surface area contributed by atoms with E-state index in [2.05, 4.69) is 23.8 Å². The van der Waals surface area contributed by atoms with Crippen LogP contribution >= 0.6 is 11.6 Å². The average molecular weight is 220 g/mol. The molecule has 0 atom stereocenters. The third kappa shape index (κ3) is 4.67. The van der Waals surface area contributed by atoms with E-state index in [9.17, 15) is 0 Å². The van der Waals surface area contributed by atoms with Crippen molar-refractivity contribution in [2.75, 3.05) is 6.54 Å². The fourth-order valence-corrected chi connectivity index (χ4v) is 1.22. The van der Waals surface area contributed by atoms with Gasteiger partial charge < -0.3 is 0 Å². The number of halogens is 1. The van der Waals surface area contributed by atoms with Crippen molar-refractivity contribution in [2.24, 2.45) is 4.99 Å². The van der Waals surface area contributed by atoms with Gasteiger partial charge >= 0.3 is 0 Å². The van der Waals surface area contributed by atoms with Gasteiger partial charge in [-0.05, 0) is 12.5 Å². The van der Waals surface area contributed by atoms with Crippen molar-refractivity contribution in [3.63, 3.8) is 0 Å². The van der Waals surface area contributed by atoms with Crippen LogP contribution in [0.4, 0.5) is 0 Å². The Bertz CT molecular complexity index is 385. The van der Waals surface area contributed by atoms with Crippen LogP contribution in [-0.4, -0.2) is 12.8 Å². The fourth-order valence-electron chi connectivity index (χ4n) is 1.04. The van der Waals surface area contributed by atoms with Gasteiger partial charge in [0, 0.05) is 23.2 Å². The SMILES string of the molecule is CCCC#CCN=Cc1ccccc1Cl. The molecule has 2 heteroatoms. The van der Waals surface area contributed by atoms with Gasteiger partial charge in [0.05, 0.1) is 6.54 Å². The van der Waals surface area contributed by atoms with Crippen molar-refractivity contribution < 1.29 is 0 Å². The summed E-state index contributed by atoms with van der Waals surface area (Å²) in [5.74, 6) is 6.02. The summed E-state index contributed by atoms with van der Waals surface area (Å²) in [4.78, 5) is 4.19. The van der Waals surface area contributed by atoms with Crippen LogP contribution in [0.25, 0.3) is 0 Å². The molecule has 0 spiro atoms. The molecule has 0 radical (unpaired) electrons. The van der Waals surface area contributed by atoms with Crippen molar-refractivity contribution >= 4 is 17.8 Å². The predicted octanol–water partition coefficient (Wildman–Crippen LogP) is 3.56. The zero-order chi connectivity index (χ0) is 10.9. The second-order valence-electron chi connectivity index (χ2n) is 3.09. The number of aliphatic imine (C=N–C) groups is 1. The van der Waals surface area contributed by atoms with Gasteiger partial charge in [0.15, 0.2) is 0 Å². The van der Waals surface area contributed by atoms with Crippen LogP contribution in [0.1, 0.15) is 25.3 Å². The maximum Gasteiger partial charge on any atom is 0.0997 e. The van der Waals surface area contributed by atoms with Gasteiger partial charge in [-0.15, -0.1) is 5.92 Å². The van der Waals surface area contributed by atoms with Gasteiger partial charge in [0.2, 0.25) is 0 Å². The van der Waals surface area contributed by atoms with Crippen LogP contribution in [0.3, 0.4) is 0 Å². The van der Waals surface area contributed by atoms with Gasteiger partial charge in [-0.1, -0.05) is 42.6 Å². The number of unbranched alkanes of at least 4 members (excludes halogenated alkanes) is 1. The first-order chi connectivity index (χ1) is 7.34. The molecule has 0 heterocycles. The number of rotatable bonds is 3. The monoisotopic (exact) mass is 219 g/mol. The molecule has 0 aliphatic carbocycles. The van der Waals surface area contributed by atoms with Crippen molar-refractivity contribution in [3.05, 3.63) is 34.9 Å². The summed E-state index contributed by atoms with van der Waals surface area (Å²) in [6.45, 7) is 2.66. The molecular formula is C13H14ClN. The Kier molecular flexibility index (Phi) is 5.58. The Balaban J connectivity index is 2.46. The molecular weight excluding hydrogens is 206 g/mol. The third-order valence-electron chi connectivity index (χ3n) is 1.81. The van der Waals surface area contributed by atoms with E-state index >= 15 is 0 Å².